The van der Waals surface area contributed by atoms with E-state index in [1.165, 1.54) is 50.1 Å². The molecular weight excluding hydrogens is 408 g/mol. The molecule has 0 fully saturated rings. The number of rotatable bonds is 0. The molecule has 0 aliphatic heterocycles. The monoisotopic (exact) mass is 444 g/mol. The Morgan fingerprint density at radius 3 is 1.26 bits per heavy atom. The second-order valence-corrected chi connectivity index (χ2v) is 9.73. The molecule has 0 saturated carbocycles. The first-order chi connectivity index (χ1) is 16.1. The molecule has 4 aromatic carbocycles. The third-order valence-corrected chi connectivity index (χ3v) is 7.39. The molecular formula is C34H36. The van der Waals surface area contributed by atoms with E-state index >= 15 is 0 Å². The van der Waals surface area contributed by atoms with Gasteiger partial charge >= 0.3 is 0 Å². The average Bonchev–Trinajstić information content (AvgIpc) is 3.07. The quantitative estimate of drug-likeness (QED) is 0.255. The average molecular weight is 445 g/mol. The molecule has 0 saturated heterocycles. The van der Waals surface area contributed by atoms with Crippen molar-refractivity contribution in [3.05, 3.63) is 148 Å². The maximum Gasteiger partial charge on any atom is 0.0152 e. The van der Waals surface area contributed by atoms with Crippen LogP contribution < -0.4 is 0 Å². The lowest BCUT2D eigenvalue weighted by atomic mass is 9.76. The van der Waals surface area contributed by atoms with E-state index in [0.29, 0.717) is 0 Å². The smallest absolute Gasteiger partial charge is 0.0152 e. The van der Waals surface area contributed by atoms with Crippen LogP contribution >= 0.6 is 0 Å². The molecule has 0 spiro atoms. The normalized spacial score (nSPS) is 14.9. The largest absolute Gasteiger partial charge is 0.0905 e. The summed E-state index contributed by atoms with van der Waals surface area (Å²) >= 11 is 0. The minimum atomic E-state index is 0. The van der Waals surface area contributed by atoms with Crippen molar-refractivity contribution < 1.29 is 0 Å². The molecule has 0 heteroatoms. The van der Waals surface area contributed by atoms with Crippen LogP contribution in [0, 0.1) is 0 Å². The van der Waals surface area contributed by atoms with Crippen LogP contribution in [0.4, 0.5) is 0 Å². The van der Waals surface area contributed by atoms with E-state index in [0.717, 1.165) is 25.7 Å². The van der Waals surface area contributed by atoms with Crippen LogP contribution in [0.5, 0.6) is 0 Å². The van der Waals surface area contributed by atoms with Gasteiger partial charge in [0.2, 0.25) is 0 Å². The van der Waals surface area contributed by atoms with Crippen molar-refractivity contribution in [1.29, 1.82) is 0 Å². The fourth-order valence-corrected chi connectivity index (χ4v) is 5.59. The molecule has 0 heterocycles. The maximum atomic E-state index is 4.26. The molecule has 172 valence electrons. The number of hydrogen-bond donors (Lipinski definition) is 0. The van der Waals surface area contributed by atoms with E-state index in [1.807, 2.05) is 0 Å². The van der Waals surface area contributed by atoms with Crippen molar-refractivity contribution in [2.24, 2.45) is 0 Å². The van der Waals surface area contributed by atoms with Crippen LogP contribution in [0.15, 0.2) is 104 Å². The van der Waals surface area contributed by atoms with Crippen molar-refractivity contribution in [1.82, 2.24) is 0 Å². The summed E-state index contributed by atoms with van der Waals surface area (Å²) < 4.78 is 0. The lowest BCUT2D eigenvalue weighted by Gasteiger charge is -2.28. The van der Waals surface area contributed by atoms with Crippen LogP contribution in [-0.4, -0.2) is 0 Å². The summed E-state index contributed by atoms with van der Waals surface area (Å²) in [5.41, 5.74) is 12.8. The Bertz CT molecular complexity index is 1210. The zero-order chi connectivity index (χ0) is 22.8. The van der Waals surface area contributed by atoms with E-state index in [1.54, 1.807) is 0 Å². The predicted octanol–water partition coefficient (Wildman–Crippen LogP) is 8.59. The van der Waals surface area contributed by atoms with E-state index in [9.17, 15) is 0 Å². The number of fused-ring (bicyclic) bond motifs is 4. The molecule has 4 aromatic rings. The van der Waals surface area contributed by atoms with Gasteiger partial charge in [-0.3, -0.25) is 0 Å². The number of benzene rings is 4. The summed E-state index contributed by atoms with van der Waals surface area (Å²) in [5, 5.41) is 0. The van der Waals surface area contributed by atoms with Gasteiger partial charge in [-0.25, -0.2) is 0 Å². The Labute approximate surface area is 206 Å². The minimum Gasteiger partial charge on any atom is -0.0905 e. The van der Waals surface area contributed by atoms with E-state index < -0.39 is 0 Å². The third-order valence-electron chi connectivity index (χ3n) is 7.39. The van der Waals surface area contributed by atoms with Crippen LogP contribution in [0.2, 0.25) is 0 Å². The van der Waals surface area contributed by atoms with Crippen LogP contribution in [0.1, 0.15) is 65.8 Å². The second-order valence-electron chi connectivity index (χ2n) is 9.73. The highest BCUT2D eigenvalue weighted by atomic mass is 14.3. The molecule has 0 unspecified atom stereocenters. The molecule has 0 atom stereocenters. The second kappa shape index (κ2) is 9.85. The Balaban J connectivity index is 0.000000157. The van der Waals surface area contributed by atoms with Gasteiger partial charge in [-0.1, -0.05) is 125 Å². The number of aryl methyl sites for hydroxylation is 4. The molecule has 0 radical (unpaired) electrons. The van der Waals surface area contributed by atoms with Gasteiger partial charge in [-0.05, 0) is 75.8 Å². The first-order valence-electron chi connectivity index (χ1n) is 12.1. The summed E-state index contributed by atoms with van der Waals surface area (Å²) in [4.78, 5) is 0. The van der Waals surface area contributed by atoms with Crippen LogP contribution in [-0.2, 0) is 31.1 Å². The van der Waals surface area contributed by atoms with Gasteiger partial charge in [0, 0.05) is 5.41 Å². The highest BCUT2D eigenvalue weighted by Crippen LogP contribution is 2.38. The molecule has 0 aromatic heterocycles. The SMILES string of the molecule is C.C=C1c2ccccc2CCc2ccccc21.CC1(C)c2ccccc2CCc2ccccc21. The van der Waals surface area contributed by atoms with Gasteiger partial charge in [0.1, 0.15) is 0 Å². The Morgan fingerprint density at radius 1 is 0.500 bits per heavy atom. The standard InChI is InChI=1S/C17H18.C16H14.CH4/c1-17(2)15-9-5-3-7-13(15)11-12-14-8-4-6-10-16(14)17;1-12-15-8-4-2-6-13(15)10-11-14-7-3-5-9-16(12)14;/h3-10H,11-12H2,1-2H3;2-9H,1,10-11H2;1H4. The molecule has 0 nitrogen and oxygen atoms in total. The Morgan fingerprint density at radius 2 is 0.824 bits per heavy atom. The van der Waals surface area contributed by atoms with Gasteiger partial charge in [0.05, 0.1) is 0 Å². The van der Waals surface area contributed by atoms with Gasteiger partial charge in [0.15, 0.2) is 0 Å². The summed E-state index contributed by atoms with van der Waals surface area (Å²) in [6.45, 7) is 8.94. The molecule has 0 N–H and O–H groups in total. The highest BCUT2D eigenvalue weighted by Gasteiger charge is 2.29. The lowest BCUT2D eigenvalue weighted by molar-refractivity contribution is 0.636. The molecule has 0 amide bonds. The topological polar surface area (TPSA) is 0 Å². The van der Waals surface area contributed by atoms with Gasteiger partial charge in [0.25, 0.3) is 0 Å². The fourth-order valence-electron chi connectivity index (χ4n) is 5.59. The number of hydrogen-bond acceptors (Lipinski definition) is 0. The van der Waals surface area contributed by atoms with Crippen LogP contribution in [0.25, 0.3) is 5.57 Å². The molecule has 2 aliphatic carbocycles. The molecule has 6 rings (SSSR count). The summed E-state index contributed by atoms with van der Waals surface area (Å²) in [5.74, 6) is 0. The Kier molecular flexibility index (Phi) is 6.89. The zero-order valence-electron chi connectivity index (χ0n) is 19.8. The molecule has 0 bridgehead atoms. The predicted molar refractivity (Wildman–Crippen MR) is 148 cm³/mol. The van der Waals surface area contributed by atoms with Crippen molar-refractivity contribution in [2.75, 3.05) is 0 Å². The zero-order valence-corrected chi connectivity index (χ0v) is 19.8. The molecule has 2 aliphatic rings. The first kappa shape index (κ1) is 23.8. The van der Waals surface area contributed by atoms with Crippen molar-refractivity contribution >= 4 is 5.57 Å². The van der Waals surface area contributed by atoms with E-state index in [-0.39, 0.29) is 12.8 Å². The van der Waals surface area contributed by atoms with Gasteiger partial charge < -0.3 is 0 Å². The first-order valence-corrected chi connectivity index (χ1v) is 12.1. The third kappa shape index (κ3) is 4.38. The van der Waals surface area contributed by atoms with Crippen molar-refractivity contribution in [3.63, 3.8) is 0 Å². The highest BCUT2D eigenvalue weighted by molar-refractivity contribution is 5.82. The van der Waals surface area contributed by atoms with Gasteiger partial charge in [-0.2, -0.15) is 0 Å². The van der Waals surface area contributed by atoms with E-state index in [4.69, 9.17) is 0 Å². The molecule has 34 heavy (non-hydrogen) atoms. The summed E-state index contributed by atoms with van der Waals surface area (Å²) in [6.07, 6.45) is 4.56. The van der Waals surface area contributed by atoms with E-state index in [2.05, 4.69) is 117 Å². The lowest BCUT2D eigenvalue weighted by Crippen LogP contribution is -2.20. The summed E-state index contributed by atoms with van der Waals surface area (Å²) in [7, 11) is 0. The summed E-state index contributed by atoms with van der Waals surface area (Å²) in [6, 6.07) is 35.0. The Hall–Kier alpha value is -3.38. The van der Waals surface area contributed by atoms with Crippen molar-refractivity contribution in [2.45, 2.75) is 52.4 Å². The van der Waals surface area contributed by atoms with Gasteiger partial charge in [-0.15, -0.1) is 0 Å². The fraction of sp³-hybridized carbons (Fsp3) is 0.235. The van der Waals surface area contributed by atoms with Crippen molar-refractivity contribution in [3.8, 4) is 0 Å². The van der Waals surface area contributed by atoms with Crippen LogP contribution in [0.3, 0.4) is 0 Å². The minimum absolute atomic E-state index is 0. The maximum absolute atomic E-state index is 4.26.